The fourth-order valence-electron chi connectivity index (χ4n) is 2.45. The fourth-order valence-corrected chi connectivity index (χ4v) is 3.07. The fraction of sp³-hybridized carbons (Fsp3) is 0.533. The van der Waals surface area contributed by atoms with Gasteiger partial charge in [-0.3, -0.25) is 0 Å². The highest BCUT2D eigenvalue weighted by Gasteiger charge is 2.15. The largest absolute Gasteiger partial charge is 0.328 e. The first-order valence-electron chi connectivity index (χ1n) is 7.00. The van der Waals surface area contributed by atoms with Gasteiger partial charge in [-0.1, -0.05) is 26.7 Å². The van der Waals surface area contributed by atoms with Crippen molar-refractivity contribution in [3.63, 3.8) is 0 Å². The van der Waals surface area contributed by atoms with Gasteiger partial charge < -0.3 is 4.57 Å². The van der Waals surface area contributed by atoms with Crippen molar-refractivity contribution in [1.29, 1.82) is 0 Å². The lowest BCUT2D eigenvalue weighted by molar-refractivity contribution is 0.417. The molecular formula is C15H19ClFIN2. The van der Waals surface area contributed by atoms with Crippen LogP contribution >= 0.6 is 34.2 Å². The Morgan fingerprint density at radius 3 is 2.65 bits per heavy atom. The van der Waals surface area contributed by atoms with Gasteiger partial charge in [0, 0.05) is 24.9 Å². The van der Waals surface area contributed by atoms with Crippen molar-refractivity contribution in [2.24, 2.45) is 5.92 Å². The lowest BCUT2D eigenvalue weighted by Crippen LogP contribution is -2.12. The maximum atomic E-state index is 13.9. The van der Waals surface area contributed by atoms with Gasteiger partial charge >= 0.3 is 0 Å². The summed E-state index contributed by atoms with van der Waals surface area (Å²) in [5.41, 5.74) is 1.75. The summed E-state index contributed by atoms with van der Waals surface area (Å²) in [6.45, 7) is 5.27. The molecule has 0 unspecified atom stereocenters. The monoisotopic (exact) mass is 408 g/mol. The minimum atomic E-state index is -0.179. The normalized spacial score (nSPS) is 11.7. The minimum Gasteiger partial charge on any atom is -0.328 e. The molecule has 0 fully saturated rings. The Hall–Kier alpha value is -0.360. The molecule has 2 rings (SSSR count). The van der Waals surface area contributed by atoms with Crippen LogP contribution in [0.5, 0.6) is 0 Å². The molecule has 0 N–H and O–H groups in total. The lowest BCUT2D eigenvalue weighted by atomic mass is 10.0. The van der Waals surface area contributed by atoms with E-state index in [0.717, 1.165) is 36.2 Å². The van der Waals surface area contributed by atoms with Gasteiger partial charge in [0.25, 0.3) is 0 Å². The van der Waals surface area contributed by atoms with E-state index >= 15 is 0 Å². The average Bonchev–Trinajstić information content (AvgIpc) is 2.74. The summed E-state index contributed by atoms with van der Waals surface area (Å²) in [5.74, 6) is 1.90. The highest BCUT2D eigenvalue weighted by atomic mass is 127. The molecular weight excluding hydrogens is 390 g/mol. The summed E-state index contributed by atoms with van der Waals surface area (Å²) >= 11 is 7.88. The van der Waals surface area contributed by atoms with Crippen LogP contribution in [0, 0.1) is 15.3 Å². The topological polar surface area (TPSA) is 17.8 Å². The summed E-state index contributed by atoms with van der Waals surface area (Å²) in [4.78, 5) is 4.63. The number of halogens is 3. The molecule has 1 heterocycles. The second kappa shape index (κ2) is 7.07. The molecule has 110 valence electrons. The van der Waals surface area contributed by atoms with Crippen LogP contribution in [0.25, 0.3) is 11.0 Å². The molecule has 1 aromatic heterocycles. The number of nitrogens with zero attached hydrogens (tertiary/aromatic N) is 2. The number of alkyl halides is 1. The molecule has 0 saturated carbocycles. The Morgan fingerprint density at radius 2 is 2.05 bits per heavy atom. The molecule has 2 nitrogen and oxygen atoms in total. The summed E-state index contributed by atoms with van der Waals surface area (Å²) in [7, 11) is 0. The molecule has 0 spiro atoms. The van der Waals surface area contributed by atoms with Crippen molar-refractivity contribution in [3.8, 4) is 0 Å². The van der Waals surface area contributed by atoms with E-state index in [4.69, 9.17) is 11.6 Å². The maximum absolute atomic E-state index is 13.9. The second-order valence-electron chi connectivity index (χ2n) is 5.02. The lowest BCUT2D eigenvalue weighted by Gasteiger charge is -2.16. The zero-order valence-corrected chi connectivity index (χ0v) is 14.7. The molecule has 20 heavy (non-hydrogen) atoms. The van der Waals surface area contributed by atoms with E-state index in [2.05, 4.69) is 23.4 Å². The molecule has 0 amide bonds. The maximum Gasteiger partial charge on any atom is 0.138 e. The van der Waals surface area contributed by atoms with Crippen molar-refractivity contribution in [2.75, 3.05) is 5.88 Å². The SMILES string of the molecule is CCC(CC)Cn1c(CCCl)nc2cc(I)c(F)cc21. The van der Waals surface area contributed by atoms with E-state index in [1.54, 1.807) is 6.07 Å². The number of benzene rings is 1. The van der Waals surface area contributed by atoms with Crippen LogP contribution in [0.3, 0.4) is 0 Å². The molecule has 0 aliphatic carbocycles. The van der Waals surface area contributed by atoms with Crippen LogP contribution in [0.2, 0.25) is 0 Å². The predicted molar refractivity (Wildman–Crippen MR) is 90.9 cm³/mol. The highest BCUT2D eigenvalue weighted by molar-refractivity contribution is 14.1. The van der Waals surface area contributed by atoms with Gasteiger partial charge in [-0.05, 0) is 34.6 Å². The van der Waals surface area contributed by atoms with Gasteiger partial charge in [0.05, 0.1) is 14.6 Å². The number of hydrogen-bond donors (Lipinski definition) is 0. The van der Waals surface area contributed by atoms with Crippen LogP contribution in [0.4, 0.5) is 4.39 Å². The first-order chi connectivity index (χ1) is 9.60. The quantitative estimate of drug-likeness (QED) is 0.486. The third-order valence-corrected chi connectivity index (χ3v) is 4.80. The number of fused-ring (bicyclic) bond motifs is 1. The van der Waals surface area contributed by atoms with Crippen LogP contribution in [-0.2, 0) is 13.0 Å². The van der Waals surface area contributed by atoms with E-state index in [-0.39, 0.29) is 5.82 Å². The van der Waals surface area contributed by atoms with Gasteiger partial charge in [-0.25, -0.2) is 9.37 Å². The number of rotatable bonds is 6. The molecule has 0 bridgehead atoms. The van der Waals surface area contributed by atoms with E-state index in [9.17, 15) is 4.39 Å². The average molecular weight is 409 g/mol. The smallest absolute Gasteiger partial charge is 0.138 e. The van der Waals surface area contributed by atoms with Gasteiger partial charge in [0.2, 0.25) is 0 Å². The molecule has 0 radical (unpaired) electrons. The van der Waals surface area contributed by atoms with Gasteiger partial charge in [-0.2, -0.15) is 0 Å². The molecule has 0 saturated heterocycles. The van der Waals surface area contributed by atoms with E-state index in [1.807, 2.05) is 28.7 Å². The van der Waals surface area contributed by atoms with Gasteiger partial charge in [-0.15, -0.1) is 11.6 Å². The Kier molecular flexibility index (Phi) is 5.66. The van der Waals surface area contributed by atoms with E-state index in [0.29, 0.717) is 21.8 Å². The third kappa shape index (κ3) is 3.27. The third-order valence-electron chi connectivity index (χ3n) is 3.78. The molecule has 0 atom stereocenters. The number of imidazole rings is 1. The second-order valence-corrected chi connectivity index (χ2v) is 6.56. The Bertz CT molecular complexity index is 593. The molecule has 2 aromatic rings. The van der Waals surface area contributed by atoms with Crippen LogP contribution in [0.1, 0.15) is 32.5 Å². The molecule has 1 aromatic carbocycles. The molecule has 5 heteroatoms. The highest BCUT2D eigenvalue weighted by Crippen LogP contribution is 2.24. The first-order valence-corrected chi connectivity index (χ1v) is 8.62. The van der Waals surface area contributed by atoms with Crippen molar-refractivity contribution in [3.05, 3.63) is 27.3 Å². The van der Waals surface area contributed by atoms with Crippen molar-refractivity contribution in [2.45, 2.75) is 39.7 Å². The summed E-state index contributed by atoms with van der Waals surface area (Å²) in [6.07, 6.45) is 2.95. The Labute approximate surface area is 137 Å². The van der Waals surface area contributed by atoms with Crippen molar-refractivity contribution in [1.82, 2.24) is 9.55 Å². The number of hydrogen-bond acceptors (Lipinski definition) is 1. The van der Waals surface area contributed by atoms with Gasteiger partial charge in [0.15, 0.2) is 0 Å². The number of aromatic nitrogens is 2. The van der Waals surface area contributed by atoms with Crippen molar-refractivity contribution < 1.29 is 4.39 Å². The summed E-state index contributed by atoms with van der Waals surface area (Å²) in [5, 5.41) is 0. The van der Waals surface area contributed by atoms with E-state index < -0.39 is 0 Å². The molecule has 0 aliphatic heterocycles. The van der Waals surface area contributed by atoms with Crippen molar-refractivity contribution >= 4 is 45.2 Å². The molecule has 0 aliphatic rings. The standard InChI is InChI=1S/C15H19ClFIN2/c1-3-10(4-2)9-20-14-7-11(17)12(18)8-13(14)19-15(20)5-6-16/h7-8,10H,3-6,9H2,1-2H3. The van der Waals surface area contributed by atoms with E-state index in [1.165, 1.54) is 0 Å². The van der Waals surface area contributed by atoms with Gasteiger partial charge in [0.1, 0.15) is 11.6 Å². The van der Waals surface area contributed by atoms with Crippen LogP contribution < -0.4 is 0 Å². The first kappa shape index (κ1) is 16.0. The zero-order chi connectivity index (χ0) is 14.7. The zero-order valence-electron chi connectivity index (χ0n) is 11.8. The van der Waals surface area contributed by atoms with Crippen LogP contribution in [0.15, 0.2) is 12.1 Å². The Balaban J connectivity index is 2.52. The summed E-state index contributed by atoms with van der Waals surface area (Å²) < 4.78 is 16.6. The predicted octanol–water partition coefficient (Wildman–Crippen LogP) is 5.00. The minimum absolute atomic E-state index is 0.179. The summed E-state index contributed by atoms with van der Waals surface area (Å²) in [6, 6.07) is 3.41. The number of aryl methyl sites for hydroxylation is 1. The van der Waals surface area contributed by atoms with Crippen LogP contribution in [-0.4, -0.2) is 15.4 Å². The Morgan fingerprint density at radius 1 is 1.35 bits per heavy atom.